The maximum atomic E-state index is 4.44. The molecule has 1 aromatic carbocycles. The van der Waals surface area contributed by atoms with E-state index in [9.17, 15) is 0 Å². The van der Waals surface area contributed by atoms with Crippen LogP contribution in [-0.2, 0) is 6.54 Å². The molecule has 3 heteroatoms. The number of hydrogen-bond acceptors (Lipinski definition) is 3. The molecule has 1 aliphatic rings. The number of nitrogens with one attached hydrogen (secondary N) is 1. The highest BCUT2D eigenvalue weighted by Gasteiger charge is 2.18. The molecule has 3 nitrogen and oxygen atoms in total. The summed E-state index contributed by atoms with van der Waals surface area (Å²) in [6.07, 6.45) is 4.43. The van der Waals surface area contributed by atoms with E-state index >= 15 is 0 Å². The van der Waals surface area contributed by atoms with E-state index in [1.54, 1.807) is 0 Å². The SMILES string of the molecule is CNC1CCCN(Cc2cccc(-c3ccccn3)c2)C1. The number of aromatic nitrogens is 1. The molecule has 3 rings (SSSR count). The Bertz CT molecular complexity index is 568. The Labute approximate surface area is 127 Å². The van der Waals surface area contributed by atoms with E-state index < -0.39 is 0 Å². The van der Waals surface area contributed by atoms with E-state index in [1.165, 1.54) is 30.5 Å². The monoisotopic (exact) mass is 281 g/mol. The highest BCUT2D eigenvalue weighted by Crippen LogP contribution is 2.20. The second-order valence-electron chi connectivity index (χ2n) is 5.78. The van der Waals surface area contributed by atoms with E-state index in [0.717, 1.165) is 18.8 Å². The van der Waals surface area contributed by atoms with Gasteiger partial charge in [-0.25, -0.2) is 0 Å². The maximum absolute atomic E-state index is 4.44. The molecule has 1 atom stereocenters. The topological polar surface area (TPSA) is 28.2 Å². The summed E-state index contributed by atoms with van der Waals surface area (Å²) in [6, 6.07) is 15.5. The number of pyridine rings is 1. The van der Waals surface area contributed by atoms with Gasteiger partial charge < -0.3 is 5.32 Å². The normalized spacial score (nSPS) is 19.6. The fourth-order valence-corrected chi connectivity index (χ4v) is 3.06. The van der Waals surface area contributed by atoms with Crippen molar-refractivity contribution in [3.8, 4) is 11.3 Å². The summed E-state index contributed by atoms with van der Waals surface area (Å²) in [5.74, 6) is 0. The molecular formula is C18H23N3. The Hall–Kier alpha value is -1.71. The fourth-order valence-electron chi connectivity index (χ4n) is 3.06. The van der Waals surface area contributed by atoms with E-state index in [0.29, 0.717) is 6.04 Å². The molecule has 1 fully saturated rings. The molecule has 2 aromatic rings. The van der Waals surface area contributed by atoms with Crippen molar-refractivity contribution in [1.29, 1.82) is 0 Å². The van der Waals surface area contributed by atoms with Crippen molar-refractivity contribution in [2.75, 3.05) is 20.1 Å². The lowest BCUT2D eigenvalue weighted by molar-refractivity contribution is 0.188. The quantitative estimate of drug-likeness (QED) is 0.934. The van der Waals surface area contributed by atoms with Crippen LogP contribution in [0.2, 0.25) is 0 Å². The first kappa shape index (κ1) is 14.2. The van der Waals surface area contributed by atoms with E-state index in [4.69, 9.17) is 0 Å². The molecule has 21 heavy (non-hydrogen) atoms. The molecular weight excluding hydrogens is 258 g/mol. The smallest absolute Gasteiger partial charge is 0.0702 e. The first-order chi connectivity index (χ1) is 10.3. The van der Waals surface area contributed by atoms with Gasteiger partial charge in [-0.2, -0.15) is 0 Å². The standard InChI is InChI=1S/C18H23N3/c1-19-17-8-5-11-21(14-17)13-15-6-4-7-16(12-15)18-9-2-3-10-20-18/h2-4,6-7,9-10,12,17,19H,5,8,11,13-14H2,1H3. The molecule has 1 saturated heterocycles. The number of likely N-dealkylation sites (tertiary alicyclic amines) is 1. The van der Waals surface area contributed by atoms with Crippen molar-refractivity contribution < 1.29 is 0 Å². The summed E-state index contributed by atoms with van der Waals surface area (Å²) in [7, 11) is 2.07. The first-order valence-electron chi connectivity index (χ1n) is 7.75. The second-order valence-corrected chi connectivity index (χ2v) is 5.78. The molecule has 2 heterocycles. The van der Waals surface area contributed by atoms with Crippen LogP contribution in [0.1, 0.15) is 18.4 Å². The highest BCUT2D eigenvalue weighted by molar-refractivity contribution is 5.59. The van der Waals surface area contributed by atoms with Crippen LogP contribution in [0.3, 0.4) is 0 Å². The molecule has 1 N–H and O–H groups in total. The average Bonchev–Trinajstić information content (AvgIpc) is 2.56. The number of hydrogen-bond donors (Lipinski definition) is 1. The number of benzene rings is 1. The Morgan fingerprint density at radius 1 is 1.24 bits per heavy atom. The van der Waals surface area contributed by atoms with E-state index in [2.05, 4.69) is 52.6 Å². The molecule has 0 aliphatic carbocycles. The molecule has 1 aromatic heterocycles. The predicted molar refractivity (Wildman–Crippen MR) is 87.0 cm³/mol. The van der Waals surface area contributed by atoms with Crippen LogP contribution >= 0.6 is 0 Å². The third-order valence-corrected chi connectivity index (χ3v) is 4.21. The van der Waals surface area contributed by atoms with Crippen LogP contribution in [0.25, 0.3) is 11.3 Å². The Balaban J connectivity index is 1.72. The minimum atomic E-state index is 0.637. The molecule has 1 aliphatic heterocycles. The van der Waals surface area contributed by atoms with Gasteiger partial charge in [0.25, 0.3) is 0 Å². The predicted octanol–water partition coefficient (Wildman–Crippen LogP) is 2.93. The van der Waals surface area contributed by atoms with Gasteiger partial charge in [0, 0.05) is 30.9 Å². The summed E-state index contributed by atoms with van der Waals surface area (Å²) in [6.45, 7) is 3.37. The minimum absolute atomic E-state index is 0.637. The van der Waals surface area contributed by atoms with E-state index in [1.807, 2.05) is 18.3 Å². The molecule has 1 unspecified atom stereocenters. The summed E-state index contributed by atoms with van der Waals surface area (Å²) in [4.78, 5) is 6.98. The van der Waals surface area contributed by atoms with Crippen molar-refractivity contribution in [3.05, 3.63) is 54.2 Å². The van der Waals surface area contributed by atoms with Crippen molar-refractivity contribution in [1.82, 2.24) is 15.2 Å². The van der Waals surface area contributed by atoms with Crippen LogP contribution in [0.4, 0.5) is 0 Å². The highest BCUT2D eigenvalue weighted by atomic mass is 15.2. The van der Waals surface area contributed by atoms with Gasteiger partial charge in [-0.15, -0.1) is 0 Å². The van der Waals surface area contributed by atoms with Crippen molar-refractivity contribution in [3.63, 3.8) is 0 Å². The van der Waals surface area contributed by atoms with Crippen molar-refractivity contribution in [2.24, 2.45) is 0 Å². The van der Waals surface area contributed by atoms with Crippen LogP contribution < -0.4 is 5.32 Å². The molecule has 0 spiro atoms. The maximum Gasteiger partial charge on any atom is 0.0702 e. The van der Waals surface area contributed by atoms with Gasteiger partial charge in [0.1, 0.15) is 0 Å². The lowest BCUT2D eigenvalue weighted by atomic mass is 10.0. The lowest BCUT2D eigenvalue weighted by Gasteiger charge is -2.32. The van der Waals surface area contributed by atoms with Crippen molar-refractivity contribution in [2.45, 2.75) is 25.4 Å². The Kier molecular flexibility index (Phi) is 4.63. The molecule has 0 amide bonds. The number of nitrogens with zero attached hydrogens (tertiary/aromatic N) is 2. The second kappa shape index (κ2) is 6.83. The van der Waals surface area contributed by atoms with Crippen LogP contribution in [0.5, 0.6) is 0 Å². The zero-order valence-corrected chi connectivity index (χ0v) is 12.6. The molecule has 0 saturated carbocycles. The summed E-state index contributed by atoms with van der Waals surface area (Å²) in [5.41, 5.74) is 3.62. The Morgan fingerprint density at radius 2 is 2.19 bits per heavy atom. The van der Waals surface area contributed by atoms with Crippen LogP contribution in [0, 0.1) is 0 Å². The molecule has 110 valence electrons. The fraction of sp³-hybridized carbons (Fsp3) is 0.389. The first-order valence-corrected chi connectivity index (χ1v) is 7.75. The van der Waals surface area contributed by atoms with Gasteiger partial charge in [-0.3, -0.25) is 9.88 Å². The minimum Gasteiger partial charge on any atom is -0.316 e. The Morgan fingerprint density at radius 3 is 3.00 bits per heavy atom. The van der Waals surface area contributed by atoms with Gasteiger partial charge in [0.15, 0.2) is 0 Å². The van der Waals surface area contributed by atoms with Crippen LogP contribution in [-0.4, -0.2) is 36.1 Å². The van der Waals surface area contributed by atoms with Gasteiger partial charge in [-0.1, -0.05) is 24.3 Å². The number of rotatable bonds is 4. The summed E-state index contributed by atoms with van der Waals surface area (Å²) < 4.78 is 0. The number of piperidine rings is 1. The van der Waals surface area contributed by atoms with Gasteiger partial charge in [-0.05, 0) is 50.2 Å². The third-order valence-electron chi connectivity index (χ3n) is 4.21. The van der Waals surface area contributed by atoms with Crippen LogP contribution in [0.15, 0.2) is 48.7 Å². The van der Waals surface area contributed by atoms with Crippen molar-refractivity contribution >= 4 is 0 Å². The van der Waals surface area contributed by atoms with E-state index in [-0.39, 0.29) is 0 Å². The molecule has 0 radical (unpaired) electrons. The summed E-state index contributed by atoms with van der Waals surface area (Å²) in [5, 5.41) is 3.41. The average molecular weight is 281 g/mol. The zero-order chi connectivity index (χ0) is 14.5. The van der Waals surface area contributed by atoms with Gasteiger partial charge in [0.05, 0.1) is 5.69 Å². The third kappa shape index (κ3) is 3.69. The summed E-state index contributed by atoms with van der Waals surface area (Å²) >= 11 is 0. The van der Waals surface area contributed by atoms with Gasteiger partial charge in [0.2, 0.25) is 0 Å². The van der Waals surface area contributed by atoms with Gasteiger partial charge >= 0.3 is 0 Å². The zero-order valence-electron chi connectivity index (χ0n) is 12.6. The lowest BCUT2D eigenvalue weighted by Crippen LogP contribution is -2.43. The number of likely N-dealkylation sites (N-methyl/N-ethyl adjacent to an activating group) is 1. The largest absolute Gasteiger partial charge is 0.316 e. The molecule has 0 bridgehead atoms.